The molecule has 1 aromatic carbocycles. The van der Waals surface area contributed by atoms with Crippen molar-refractivity contribution < 1.29 is 5.11 Å². The van der Waals surface area contributed by atoms with E-state index >= 15 is 0 Å². The smallest absolute Gasteiger partial charge is 0.0667 e. The Bertz CT molecular complexity index is 370. The van der Waals surface area contributed by atoms with Gasteiger partial charge in [0.25, 0.3) is 0 Å². The maximum atomic E-state index is 9.60. The molecule has 1 N–H and O–H groups in total. The van der Waals surface area contributed by atoms with Crippen molar-refractivity contribution in [2.24, 2.45) is 0 Å². The van der Waals surface area contributed by atoms with Crippen LogP contribution < -0.4 is 0 Å². The number of hydrogen-bond acceptors (Lipinski definition) is 2. The van der Waals surface area contributed by atoms with E-state index < -0.39 is 0 Å². The number of benzene rings is 1. The second kappa shape index (κ2) is 5.63. The Morgan fingerprint density at radius 2 is 2.12 bits per heavy atom. The Balaban J connectivity index is 2.00. The molecule has 1 aliphatic heterocycles. The molecule has 0 saturated carbocycles. The quantitative estimate of drug-likeness (QED) is 0.887. The van der Waals surface area contributed by atoms with Gasteiger partial charge in [-0.2, -0.15) is 0 Å². The second-order valence-electron chi connectivity index (χ2n) is 4.28. The van der Waals surface area contributed by atoms with Crippen LogP contribution in [-0.2, 0) is 6.54 Å². The lowest BCUT2D eigenvalue weighted by molar-refractivity contribution is 0.0668. The Morgan fingerprint density at radius 1 is 1.31 bits per heavy atom. The molecule has 0 amide bonds. The van der Waals surface area contributed by atoms with E-state index in [1.165, 1.54) is 5.56 Å². The molecule has 0 spiro atoms. The zero-order chi connectivity index (χ0) is 11.5. The van der Waals surface area contributed by atoms with Gasteiger partial charge in [-0.25, -0.2) is 0 Å². The summed E-state index contributed by atoms with van der Waals surface area (Å²) in [6.07, 6.45) is 1.90. The van der Waals surface area contributed by atoms with Crippen LogP contribution in [0.2, 0.25) is 0 Å². The minimum Gasteiger partial charge on any atom is -0.392 e. The lowest BCUT2D eigenvalue weighted by Crippen LogP contribution is -2.37. The summed E-state index contributed by atoms with van der Waals surface area (Å²) in [6, 6.07) is 6.31. The number of hydrogen-bond donors (Lipinski definition) is 1. The minimum absolute atomic E-state index is 0.146. The van der Waals surface area contributed by atoms with Gasteiger partial charge in [-0.15, -0.1) is 0 Å². The number of halogens is 2. The first-order chi connectivity index (χ1) is 7.65. The SMILES string of the molecule is OC1CCCN(Cc2ccc(Br)c(Br)c2)C1. The van der Waals surface area contributed by atoms with E-state index in [0.29, 0.717) is 0 Å². The molecule has 0 aromatic heterocycles. The highest BCUT2D eigenvalue weighted by Gasteiger charge is 2.17. The number of likely N-dealkylation sites (tertiary alicyclic amines) is 1. The highest BCUT2D eigenvalue weighted by molar-refractivity contribution is 9.13. The summed E-state index contributed by atoms with van der Waals surface area (Å²) >= 11 is 6.97. The van der Waals surface area contributed by atoms with Crippen molar-refractivity contribution in [3.63, 3.8) is 0 Å². The largest absolute Gasteiger partial charge is 0.392 e. The van der Waals surface area contributed by atoms with Gasteiger partial charge in [0.15, 0.2) is 0 Å². The Hall–Kier alpha value is 0.1000. The molecule has 2 rings (SSSR count). The Labute approximate surface area is 113 Å². The van der Waals surface area contributed by atoms with Gasteiger partial charge in [-0.05, 0) is 68.9 Å². The highest BCUT2D eigenvalue weighted by atomic mass is 79.9. The highest BCUT2D eigenvalue weighted by Crippen LogP contribution is 2.24. The zero-order valence-corrected chi connectivity index (χ0v) is 12.2. The van der Waals surface area contributed by atoms with Gasteiger partial charge >= 0.3 is 0 Å². The molecule has 1 atom stereocenters. The summed E-state index contributed by atoms with van der Waals surface area (Å²) in [5.41, 5.74) is 1.28. The fourth-order valence-corrected chi connectivity index (χ4v) is 2.74. The number of piperidine rings is 1. The minimum atomic E-state index is -0.146. The molecule has 1 aromatic rings. The molecular weight excluding hydrogens is 334 g/mol. The summed E-state index contributed by atoms with van der Waals surface area (Å²) < 4.78 is 2.16. The molecule has 16 heavy (non-hydrogen) atoms. The summed E-state index contributed by atoms with van der Waals surface area (Å²) in [5.74, 6) is 0. The van der Waals surface area contributed by atoms with Gasteiger partial charge in [-0.3, -0.25) is 4.90 Å². The van der Waals surface area contributed by atoms with E-state index in [4.69, 9.17) is 0 Å². The van der Waals surface area contributed by atoms with Crippen molar-refractivity contribution in [2.75, 3.05) is 13.1 Å². The molecule has 0 bridgehead atoms. The van der Waals surface area contributed by atoms with E-state index in [2.05, 4.69) is 55.0 Å². The van der Waals surface area contributed by atoms with Gasteiger partial charge in [-0.1, -0.05) is 6.07 Å². The van der Waals surface area contributed by atoms with Gasteiger partial charge < -0.3 is 5.11 Å². The van der Waals surface area contributed by atoms with Crippen LogP contribution in [0.25, 0.3) is 0 Å². The lowest BCUT2D eigenvalue weighted by Gasteiger charge is -2.30. The third-order valence-corrected chi connectivity index (χ3v) is 4.75. The monoisotopic (exact) mass is 347 g/mol. The van der Waals surface area contributed by atoms with Crippen molar-refractivity contribution in [2.45, 2.75) is 25.5 Å². The molecule has 0 radical (unpaired) electrons. The van der Waals surface area contributed by atoms with Crippen LogP contribution in [0.1, 0.15) is 18.4 Å². The number of aliphatic hydroxyl groups is 1. The molecule has 1 aliphatic rings. The van der Waals surface area contributed by atoms with Crippen LogP contribution in [0.15, 0.2) is 27.1 Å². The zero-order valence-electron chi connectivity index (χ0n) is 9.00. The standard InChI is InChI=1S/C12H15Br2NO/c13-11-4-3-9(6-12(11)14)7-15-5-1-2-10(16)8-15/h3-4,6,10,16H,1-2,5,7-8H2. The number of rotatable bonds is 2. The molecule has 2 nitrogen and oxygen atoms in total. The van der Waals surface area contributed by atoms with Crippen LogP contribution in [0, 0.1) is 0 Å². The van der Waals surface area contributed by atoms with E-state index in [-0.39, 0.29) is 6.10 Å². The van der Waals surface area contributed by atoms with Gasteiger partial charge in [0.2, 0.25) is 0 Å². The third kappa shape index (κ3) is 3.29. The van der Waals surface area contributed by atoms with Crippen molar-refractivity contribution in [1.29, 1.82) is 0 Å². The third-order valence-electron chi connectivity index (χ3n) is 2.87. The van der Waals surface area contributed by atoms with E-state index in [1.54, 1.807) is 0 Å². The predicted octanol–water partition coefficient (Wildman–Crippen LogP) is 3.17. The molecule has 88 valence electrons. The summed E-state index contributed by atoms with van der Waals surface area (Å²) in [6.45, 7) is 2.81. The molecule has 1 heterocycles. The molecule has 0 aliphatic carbocycles. The molecule has 1 saturated heterocycles. The molecule has 1 fully saturated rings. The maximum Gasteiger partial charge on any atom is 0.0667 e. The van der Waals surface area contributed by atoms with Crippen molar-refractivity contribution >= 4 is 31.9 Å². The Morgan fingerprint density at radius 3 is 2.81 bits per heavy atom. The first-order valence-corrected chi connectivity index (χ1v) is 7.08. The predicted molar refractivity (Wildman–Crippen MR) is 72.4 cm³/mol. The van der Waals surface area contributed by atoms with Crippen LogP contribution in [0.3, 0.4) is 0 Å². The fourth-order valence-electron chi connectivity index (χ4n) is 2.07. The first kappa shape index (κ1) is 12.6. The topological polar surface area (TPSA) is 23.5 Å². The summed E-state index contributed by atoms with van der Waals surface area (Å²) in [5, 5.41) is 9.60. The molecular formula is C12H15Br2NO. The number of nitrogens with zero attached hydrogens (tertiary/aromatic N) is 1. The first-order valence-electron chi connectivity index (χ1n) is 5.49. The second-order valence-corrected chi connectivity index (χ2v) is 5.99. The van der Waals surface area contributed by atoms with Crippen molar-refractivity contribution in [1.82, 2.24) is 4.90 Å². The average Bonchev–Trinajstić information content (AvgIpc) is 2.24. The average molecular weight is 349 g/mol. The fraction of sp³-hybridized carbons (Fsp3) is 0.500. The maximum absolute atomic E-state index is 9.60. The van der Waals surface area contributed by atoms with E-state index in [0.717, 1.165) is 41.4 Å². The summed E-state index contributed by atoms with van der Waals surface area (Å²) in [7, 11) is 0. The Kier molecular flexibility index (Phi) is 4.41. The van der Waals surface area contributed by atoms with Gasteiger partial charge in [0.1, 0.15) is 0 Å². The van der Waals surface area contributed by atoms with Crippen molar-refractivity contribution in [3.05, 3.63) is 32.7 Å². The normalized spacial score (nSPS) is 22.3. The molecule has 4 heteroatoms. The van der Waals surface area contributed by atoms with E-state index in [1.807, 2.05) is 0 Å². The van der Waals surface area contributed by atoms with Crippen LogP contribution in [0.4, 0.5) is 0 Å². The number of aliphatic hydroxyl groups excluding tert-OH is 1. The van der Waals surface area contributed by atoms with Crippen molar-refractivity contribution in [3.8, 4) is 0 Å². The van der Waals surface area contributed by atoms with Crippen LogP contribution in [0.5, 0.6) is 0 Å². The number of β-amino-alcohol motifs (C(OH)–C–C–N with tert-alkyl or cyclic N) is 1. The van der Waals surface area contributed by atoms with Crippen LogP contribution >= 0.6 is 31.9 Å². The lowest BCUT2D eigenvalue weighted by atomic mass is 10.1. The van der Waals surface area contributed by atoms with E-state index in [9.17, 15) is 5.11 Å². The molecule has 1 unspecified atom stereocenters. The van der Waals surface area contributed by atoms with Gasteiger partial charge in [0.05, 0.1) is 6.10 Å². The summed E-state index contributed by atoms with van der Waals surface area (Å²) in [4.78, 5) is 2.31. The van der Waals surface area contributed by atoms with Gasteiger partial charge in [0, 0.05) is 22.0 Å². The van der Waals surface area contributed by atoms with Crippen LogP contribution in [-0.4, -0.2) is 29.2 Å².